The van der Waals surface area contributed by atoms with E-state index in [1.165, 1.54) is 6.20 Å². The lowest BCUT2D eigenvalue weighted by molar-refractivity contribution is -0.104. The molecule has 2 aliphatic heterocycles. The smallest absolute Gasteiger partial charge is 0.250 e. The molecule has 3 heterocycles. The molecule has 1 aromatic carbocycles. The lowest BCUT2D eigenvalue weighted by atomic mass is 9.90. The monoisotopic (exact) mass is 430 g/mol. The fraction of sp³-hybridized carbons (Fsp3) is 0.500. The van der Waals surface area contributed by atoms with Crippen molar-refractivity contribution >= 4 is 10.0 Å². The number of rotatable bonds is 3. The van der Waals surface area contributed by atoms with E-state index >= 15 is 0 Å². The van der Waals surface area contributed by atoms with Gasteiger partial charge < -0.3 is 10.5 Å². The van der Waals surface area contributed by atoms with Gasteiger partial charge in [0.2, 0.25) is 0 Å². The van der Waals surface area contributed by atoms with Crippen LogP contribution in [-0.4, -0.2) is 46.9 Å². The number of ether oxygens (including phenoxy) is 1. The SMILES string of the molecule is C[C@@H]1O[C@H](c2cc(F)c(F)cc2F)[C@@H](N)C[C@H]1N1Cc2cn(S(C)(=O)=O)nc2C1. The Balaban J connectivity index is 1.50. The van der Waals surface area contributed by atoms with E-state index in [4.69, 9.17) is 10.5 Å². The van der Waals surface area contributed by atoms with Gasteiger partial charge in [-0.2, -0.15) is 9.19 Å². The molecule has 0 bridgehead atoms. The average Bonchev–Trinajstić information content (AvgIpc) is 3.19. The van der Waals surface area contributed by atoms with Gasteiger partial charge in [-0.15, -0.1) is 0 Å². The topological polar surface area (TPSA) is 90.5 Å². The largest absolute Gasteiger partial charge is 0.367 e. The van der Waals surface area contributed by atoms with E-state index in [0.717, 1.165) is 22.0 Å². The molecule has 2 aromatic rings. The highest BCUT2D eigenvalue weighted by molar-refractivity contribution is 7.89. The van der Waals surface area contributed by atoms with Crippen LogP contribution in [0.2, 0.25) is 0 Å². The number of nitrogens with zero attached hydrogens (tertiary/aromatic N) is 3. The van der Waals surface area contributed by atoms with Gasteiger partial charge in [0.05, 0.1) is 18.1 Å². The zero-order valence-electron chi connectivity index (χ0n) is 15.8. The molecule has 0 saturated carbocycles. The minimum atomic E-state index is -3.44. The molecule has 4 rings (SSSR count). The van der Waals surface area contributed by atoms with Crippen LogP contribution in [-0.2, 0) is 27.8 Å². The molecule has 4 atom stereocenters. The average molecular weight is 430 g/mol. The summed E-state index contributed by atoms with van der Waals surface area (Å²) < 4.78 is 71.1. The van der Waals surface area contributed by atoms with Crippen molar-refractivity contribution in [3.8, 4) is 0 Å². The highest BCUT2D eigenvalue weighted by atomic mass is 32.2. The fourth-order valence-corrected chi connectivity index (χ4v) is 4.65. The molecule has 1 saturated heterocycles. The summed E-state index contributed by atoms with van der Waals surface area (Å²) >= 11 is 0. The number of nitrogens with two attached hydrogens (primary N) is 1. The van der Waals surface area contributed by atoms with Crippen LogP contribution in [0.25, 0.3) is 0 Å². The maximum absolute atomic E-state index is 14.2. The number of fused-ring (bicyclic) bond motifs is 1. The summed E-state index contributed by atoms with van der Waals surface area (Å²) in [5.74, 6) is -3.31. The van der Waals surface area contributed by atoms with Crippen molar-refractivity contribution in [1.29, 1.82) is 0 Å². The molecule has 29 heavy (non-hydrogen) atoms. The maximum atomic E-state index is 14.2. The third-order valence-electron chi connectivity index (χ3n) is 5.54. The molecule has 2 aliphatic rings. The van der Waals surface area contributed by atoms with Crippen LogP contribution in [0.3, 0.4) is 0 Å². The zero-order chi connectivity index (χ0) is 21.1. The summed E-state index contributed by atoms with van der Waals surface area (Å²) in [4.78, 5) is 2.08. The molecular formula is C18H21F3N4O3S. The summed E-state index contributed by atoms with van der Waals surface area (Å²) in [6.45, 7) is 2.74. The molecule has 11 heteroatoms. The minimum Gasteiger partial charge on any atom is -0.367 e. The van der Waals surface area contributed by atoms with E-state index in [9.17, 15) is 21.6 Å². The van der Waals surface area contributed by atoms with Gasteiger partial charge in [-0.05, 0) is 19.4 Å². The van der Waals surface area contributed by atoms with E-state index in [-0.39, 0.29) is 17.7 Å². The number of halogens is 3. The number of benzene rings is 1. The molecule has 1 fully saturated rings. The zero-order valence-corrected chi connectivity index (χ0v) is 16.7. The third kappa shape index (κ3) is 3.67. The van der Waals surface area contributed by atoms with E-state index in [1.54, 1.807) is 0 Å². The Morgan fingerprint density at radius 1 is 1.17 bits per heavy atom. The van der Waals surface area contributed by atoms with E-state index in [2.05, 4.69) is 10.00 Å². The van der Waals surface area contributed by atoms with Crippen molar-refractivity contribution in [2.45, 2.75) is 50.7 Å². The highest BCUT2D eigenvalue weighted by Crippen LogP contribution is 2.37. The van der Waals surface area contributed by atoms with E-state index in [0.29, 0.717) is 31.3 Å². The standard InChI is InChI=1S/C18H21F3N4O3S/c1-9-17(24-6-10-7-25(29(2,26)27)23-16(10)8-24)5-15(22)18(28-9)11-3-13(20)14(21)4-12(11)19/h3-4,7,9,15,17-18H,5-6,8,22H2,1-2H3/t9-,15-,17+,18+/m0/s1. The Morgan fingerprint density at radius 2 is 1.86 bits per heavy atom. The fourth-order valence-electron chi connectivity index (χ4n) is 4.08. The lowest BCUT2D eigenvalue weighted by Crippen LogP contribution is -2.52. The van der Waals surface area contributed by atoms with Crippen molar-refractivity contribution in [2.75, 3.05) is 6.26 Å². The van der Waals surface area contributed by atoms with Crippen molar-refractivity contribution < 1.29 is 26.3 Å². The summed E-state index contributed by atoms with van der Waals surface area (Å²) in [5, 5.41) is 4.13. The minimum absolute atomic E-state index is 0.101. The van der Waals surface area contributed by atoms with Crippen LogP contribution in [0.1, 0.15) is 36.3 Å². The molecule has 0 aliphatic carbocycles. The molecule has 158 valence electrons. The van der Waals surface area contributed by atoms with Gasteiger partial charge in [-0.1, -0.05) is 0 Å². The maximum Gasteiger partial charge on any atom is 0.250 e. The number of hydrogen-bond donors (Lipinski definition) is 1. The van der Waals surface area contributed by atoms with Crippen molar-refractivity contribution in [3.05, 3.63) is 52.6 Å². The Labute approximate surface area is 166 Å². The summed E-state index contributed by atoms with van der Waals surface area (Å²) in [6.07, 6.45) is 1.77. The molecule has 0 amide bonds. The first-order valence-electron chi connectivity index (χ1n) is 9.12. The quantitative estimate of drug-likeness (QED) is 0.745. The molecule has 2 N–H and O–H groups in total. The second-order valence-corrected chi connectivity index (χ2v) is 9.50. The second-order valence-electron chi connectivity index (χ2n) is 7.66. The first kappa shape index (κ1) is 20.3. The van der Waals surface area contributed by atoms with Gasteiger partial charge in [0, 0.05) is 48.6 Å². The van der Waals surface area contributed by atoms with Crippen molar-refractivity contribution in [1.82, 2.24) is 14.1 Å². The first-order chi connectivity index (χ1) is 13.5. The third-order valence-corrected chi connectivity index (χ3v) is 6.41. The van der Waals surface area contributed by atoms with Crippen LogP contribution in [0, 0.1) is 17.5 Å². The number of aromatic nitrogens is 2. The van der Waals surface area contributed by atoms with Gasteiger partial charge in [0.25, 0.3) is 10.0 Å². The molecule has 7 nitrogen and oxygen atoms in total. The van der Waals surface area contributed by atoms with Crippen LogP contribution >= 0.6 is 0 Å². The van der Waals surface area contributed by atoms with Gasteiger partial charge in [0.15, 0.2) is 11.6 Å². The van der Waals surface area contributed by atoms with Gasteiger partial charge in [-0.3, -0.25) is 4.90 Å². The second kappa shape index (κ2) is 7.08. The molecule has 0 spiro atoms. The number of hydrogen-bond acceptors (Lipinski definition) is 6. The van der Waals surface area contributed by atoms with Gasteiger partial charge in [-0.25, -0.2) is 21.6 Å². The van der Waals surface area contributed by atoms with E-state index < -0.39 is 39.6 Å². The molecule has 0 unspecified atom stereocenters. The van der Waals surface area contributed by atoms with Crippen molar-refractivity contribution in [2.24, 2.45) is 5.73 Å². The predicted octanol–water partition coefficient (Wildman–Crippen LogP) is 1.67. The summed E-state index contributed by atoms with van der Waals surface area (Å²) in [7, 11) is -3.44. The normalized spacial score (nSPS) is 27.9. The Bertz CT molecular complexity index is 1040. The summed E-state index contributed by atoms with van der Waals surface area (Å²) in [6, 6.07) is 0.550. The van der Waals surface area contributed by atoms with Gasteiger partial charge in [0.1, 0.15) is 11.9 Å². The van der Waals surface area contributed by atoms with Crippen LogP contribution in [0.4, 0.5) is 13.2 Å². The molecule has 0 radical (unpaired) electrons. The predicted molar refractivity (Wildman–Crippen MR) is 97.7 cm³/mol. The Hall–Kier alpha value is -1.95. The van der Waals surface area contributed by atoms with Crippen LogP contribution in [0.15, 0.2) is 18.3 Å². The van der Waals surface area contributed by atoms with Crippen LogP contribution in [0.5, 0.6) is 0 Å². The van der Waals surface area contributed by atoms with Crippen LogP contribution < -0.4 is 5.73 Å². The van der Waals surface area contributed by atoms with E-state index in [1.807, 2.05) is 6.92 Å². The Morgan fingerprint density at radius 3 is 2.52 bits per heavy atom. The summed E-state index contributed by atoms with van der Waals surface area (Å²) in [5.41, 5.74) is 7.60. The highest BCUT2D eigenvalue weighted by Gasteiger charge is 2.41. The van der Waals surface area contributed by atoms with Gasteiger partial charge >= 0.3 is 0 Å². The van der Waals surface area contributed by atoms with Crippen molar-refractivity contribution in [3.63, 3.8) is 0 Å². The first-order valence-corrected chi connectivity index (χ1v) is 11.0. The lowest BCUT2D eigenvalue weighted by Gasteiger charge is -2.43. The molecular weight excluding hydrogens is 409 g/mol. The molecule has 1 aromatic heterocycles. The Kier molecular flexibility index (Phi) is 4.96.